The van der Waals surface area contributed by atoms with Gasteiger partial charge in [0.1, 0.15) is 5.75 Å². The van der Waals surface area contributed by atoms with Gasteiger partial charge in [0.2, 0.25) is 0 Å². The maximum Gasteiger partial charge on any atom is 0.387 e. The third kappa shape index (κ3) is 4.67. The second-order valence-corrected chi connectivity index (χ2v) is 6.01. The van der Waals surface area contributed by atoms with Crippen LogP contribution in [0.5, 0.6) is 5.75 Å². The van der Waals surface area contributed by atoms with Crippen LogP contribution in [-0.4, -0.2) is 13.2 Å². The second-order valence-electron chi connectivity index (χ2n) is 6.01. The molecule has 21 heavy (non-hydrogen) atoms. The van der Waals surface area contributed by atoms with Crippen LogP contribution in [0.3, 0.4) is 0 Å². The lowest BCUT2D eigenvalue weighted by atomic mass is 9.77. The van der Waals surface area contributed by atoms with Crippen LogP contribution in [0.1, 0.15) is 51.1 Å². The van der Waals surface area contributed by atoms with Gasteiger partial charge in [-0.25, -0.2) is 0 Å². The molecule has 0 heterocycles. The molecule has 4 heteroatoms. The minimum absolute atomic E-state index is 0.226. The first-order valence-electron chi connectivity index (χ1n) is 7.88. The molecule has 2 rings (SSSR count). The summed E-state index contributed by atoms with van der Waals surface area (Å²) in [5.74, 6) is 1.62. The molecule has 1 aliphatic carbocycles. The highest BCUT2D eigenvalue weighted by Crippen LogP contribution is 2.37. The Hall–Kier alpha value is -1.16. The third-order valence-corrected chi connectivity index (χ3v) is 4.40. The van der Waals surface area contributed by atoms with Crippen LogP contribution in [0, 0.1) is 11.8 Å². The molecule has 118 valence electrons. The lowest BCUT2D eigenvalue weighted by Crippen LogP contribution is -2.30. The van der Waals surface area contributed by atoms with Gasteiger partial charge in [0.25, 0.3) is 0 Å². The molecule has 1 saturated carbocycles. The predicted octanol–water partition coefficient (Wildman–Crippen LogP) is 4.76. The van der Waals surface area contributed by atoms with Crippen LogP contribution in [0.4, 0.5) is 8.78 Å². The van der Waals surface area contributed by atoms with E-state index in [-0.39, 0.29) is 11.8 Å². The zero-order chi connectivity index (χ0) is 15.2. The largest absolute Gasteiger partial charge is 0.435 e. The smallest absolute Gasteiger partial charge is 0.387 e. The first-order chi connectivity index (χ1) is 10.1. The Kier molecular flexibility index (Phi) is 5.97. The minimum Gasteiger partial charge on any atom is -0.435 e. The number of halogens is 2. The molecule has 0 spiro atoms. The van der Waals surface area contributed by atoms with Gasteiger partial charge in [-0.1, -0.05) is 38.8 Å². The highest BCUT2D eigenvalue weighted by atomic mass is 19.3. The maximum atomic E-state index is 12.4. The van der Waals surface area contributed by atoms with Gasteiger partial charge in [0.05, 0.1) is 0 Å². The molecule has 0 aliphatic heterocycles. The van der Waals surface area contributed by atoms with Crippen LogP contribution in [-0.2, 0) is 0 Å². The highest BCUT2D eigenvalue weighted by Gasteiger charge is 2.27. The summed E-state index contributed by atoms with van der Waals surface area (Å²) in [4.78, 5) is 0. The Balaban J connectivity index is 2.13. The summed E-state index contributed by atoms with van der Waals surface area (Å²) in [5, 5.41) is 3.52. The number of ether oxygens (including phenoxy) is 1. The molecular weight excluding hydrogens is 272 g/mol. The van der Waals surface area contributed by atoms with Gasteiger partial charge in [-0.15, -0.1) is 0 Å². The monoisotopic (exact) mass is 297 g/mol. The molecule has 1 aliphatic rings. The van der Waals surface area contributed by atoms with E-state index < -0.39 is 6.61 Å². The van der Waals surface area contributed by atoms with Crippen molar-refractivity contribution in [3.63, 3.8) is 0 Å². The Bertz CT molecular complexity index is 431. The summed E-state index contributed by atoms with van der Waals surface area (Å²) >= 11 is 0. The van der Waals surface area contributed by atoms with Crippen LogP contribution in [0.2, 0.25) is 0 Å². The van der Waals surface area contributed by atoms with Gasteiger partial charge in [-0.3, -0.25) is 0 Å². The van der Waals surface area contributed by atoms with Gasteiger partial charge >= 0.3 is 6.61 Å². The molecule has 1 aromatic carbocycles. The normalized spacial score (nSPS) is 24.0. The van der Waals surface area contributed by atoms with Gasteiger partial charge in [-0.2, -0.15) is 8.78 Å². The summed E-state index contributed by atoms with van der Waals surface area (Å²) in [5.41, 5.74) is 1.05. The van der Waals surface area contributed by atoms with Crippen LogP contribution >= 0.6 is 0 Å². The summed E-state index contributed by atoms with van der Waals surface area (Å²) in [6.07, 6.45) is 4.89. The topological polar surface area (TPSA) is 21.3 Å². The van der Waals surface area contributed by atoms with E-state index >= 15 is 0 Å². The van der Waals surface area contributed by atoms with Crippen molar-refractivity contribution in [1.29, 1.82) is 0 Å². The molecule has 0 radical (unpaired) electrons. The zero-order valence-electron chi connectivity index (χ0n) is 12.8. The minimum atomic E-state index is -2.77. The molecule has 1 unspecified atom stereocenters. The molecule has 2 nitrogen and oxygen atoms in total. The van der Waals surface area contributed by atoms with E-state index in [1.54, 1.807) is 18.2 Å². The summed E-state index contributed by atoms with van der Waals surface area (Å²) < 4.78 is 29.2. The van der Waals surface area contributed by atoms with E-state index in [0.717, 1.165) is 18.0 Å². The van der Waals surface area contributed by atoms with Crippen molar-refractivity contribution in [3.8, 4) is 5.75 Å². The van der Waals surface area contributed by atoms with E-state index in [1.807, 2.05) is 6.07 Å². The second kappa shape index (κ2) is 7.74. The molecule has 1 aromatic rings. The molecule has 1 fully saturated rings. The summed E-state index contributed by atoms with van der Waals surface area (Å²) in [7, 11) is 0. The lowest BCUT2D eigenvalue weighted by molar-refractivity contribution is -0.0499. The Labute approximate surface area is 125 Å². The average molecular weight is 297 g/mol. The number of nitrogens with one attached hydrogen (secondary N) is 1. The van der Waals surface area contributed by atoms with Crippen LogP contribution < -0.4 is 10.1 Å². The number of hydrogen-bond acceptors (Lipinski definition) is 2. The number of alkyl halides is 2. The lowest BCUT2D eigenvalue weighted by Gasteiger charge is -2.33. The van der Waals surface area contributed by atoms with Crippen molar-refractivity contribution in [2.75, 3.05) is 6.54 Å². The quantitative estimate of drug-likeness (QED) is 0.817. The fourth-order valence-electron chi connectivity index (χ4n) is 3.28. The number of benzene rings is 1. The molecule has 1 N–H and O–H groups in total. The van der Waals surface area contributed by atoms with E-state index in [1.165, 1.54) is 25.7 Å². The van der Waals surface area contributed by atoms with Crippen LogP contribution in [0.25, 0.3) is 0 Å². The van der Waals surface area contributed by atoms with Crippen molar-refractivity contribution in [1.82, 2.24) is 5.32 Å². The van der Waals surface area contributed by atoms with E-state index in [0.29, 0.717) is 5.92 Å². The molecule has 0 bridgehead atoms. The molecule has 0 aromatic heterocycles. The summed E-state index contributed by atoms with van der Waals surface area (Å²) in [6, 6.07) is 7.36. The van der Waals surface area contributed by atoms with Gasteiger partial charge in [-0.05, 0) is 48.9 Å². The molecule has 1 atom stereocenters. The molecule has 0 saturated heterocycles. The predicted molar refractivity (Wildman–Crippen MR) is 80.6 cm³/mol. The van der Waals surface area contributed by atoms with E-state index in [9.17, 15) is 8.78 Å². The standard InChI is InChI=1S/C17H25F2NO/c1-3-20-16(13-9-7-12(2)8-10-13)14-5-4-6-15(11-14)21-17(18)19/h4-6,11-13,16-17,20H,3,7-10H2,1-2H3. The Morgan fingerprint density at radius 2 is 1.95 bits per heavy atom. The van der Waals surface area contributed by atoms with Gasteiger partial charge in [0.15, 0.2) is 0 Å². The van der Waals surface area contributed by atoms with Crippen molar-refractivity contribution in [2.45, 2.75) is 52.2 Å². The van der Waals surface area contributed by atoms with Gasteiger partial charge in [0, 0.05) is 6.04 Å². The third-order valence-electron chi connectivity index (χ3n) is 4.40. The number of rotatable bonds is 6. The van der Waals surface area contributed by atoms with Crippen molar-refractivity contribution >= 4 is 0 Å². The zero-order valence-corrected chi connectivity index (χ0v) is 12.8. The Morgan fingerprint density at radius 1 is 1.24 bits per heavy atom. The summed E-state index contributed by atoms with van der Waals surface area (Å²) in [6.45, 7) is 2.48. The molecular formula is C17H25F2NO. The van der Waals surface area contributed by atoms with Crippen molar-refractivity contribution in [3.05, 3.63) is 29.8 Å². The fourth-order valence-corrected chi connectivity index (χ4v) is 3.28. The molecule has 0 amide bonds. The fraction of sp³-hybridized carbons (Fsp3) is 0.647. The SMILES string of the molecule is CCNC(c1cccc(OC(F)F)c1)C1CCC(C)CC1. The first-order valence-corrected chi connectivity index (χ1v) is 7.88. The Morgan fingerprint density at radius 3 is 2.57 bits per heavy atom. The van der Waals surface area contributed by atoms with E-state index in [2.05, 4.69) is 23.9 Å². The van der Waals surface area contributed by atoms with Crippen molar-refractivity contribution < 1.29 is 13.5 Å². The highest BCUT2D eigenvalue weighted by molar-refractivity contribution is 5.31. The maximum absolute atomic E-state index is 12.4. The van der Waals surface area contributed by atoms with Crippen LogP contribution in [0.15, 0.2) is 24.3 Å². The average Bonchev–Trinajstić information content (AvgIpc) is 2.45. The van der Waals surface area contributed by atoms with Crippen molar-refractivity contribution in [2.24, 2.45) is 11.8 Å². The number of hydrogen-bond donors (Lipinski definition) is 1. The first kappa shape index (κ1) is 16.2. The van der Waals surface area contributed by atoms with Gasteiger partial charge < -0.3 is 10.1 Å². The van der Waals surface area contributed by atoms with E-state index in [4.69, 9.17) is 0 Å².